The summed E-state index contributed by atoms with van der Waals surface area (Å²) in [6.45, 7) is 10.1. The highest BCUT2D eigenvalue weighted by Crippen LogP contribution is 2.75. The Hall–Kier alpha value is -6.14. The number of nitrogens with zero attached hydrogens (tertiary/aromatic N) is 4. The van der Waals surface area contributed by atoms with Crippen molar-refractivity contribution in [1.29, 1.82) is 0 Å². The van der Waals surface area contributed by atoms with Gasteiger partial charge in [0, 0.05) is 15.4 Å². The van der Waals surface area contributed by atoms with Crippen LogP contribution < -0.4 is 14.8 Å². The summed E-state index contributed by atoms with van der Waals surface area (Å²) in [7, 11) is -1.49. The number of amides is 1. The van der Waals surface area contributed by atoms with Crippen molar-refractivity contribution in [3.63, 3.8) is 0 Å². The van der Waals surface area contributed by atoms with Gasteiger partial charge in [0.15, 0.2) is 23.2 Å². The van der Waals surface area contributed by atoms with E-state index in [1.54, 1.807) is 84.6 Å². The first-order valence-electron chi connectivity index (χ1n) is 25.0. The number of phosphoric ester groups is 1. The lowest BCUT2D eigenvalue weighted by Gasteiger charge is -2.37. The summed E-state index contributed by atoms with van der Waals surface area (Å²) in [5.74, 6) is -3.12. The average Bonchev–Trinajstić information content (AvgIpc) is 4.20. The number of phosphoric acid groups is 1. The summed E-state index contributed by atoms with van der Waals surface area (Å²) >= 11 is 2.10. The Morgan fingerprint density at radius 3 is 1.60 bits per heavy atom. The highest BCUT2D eigenvalue weighted by Gasteiger charge is 2.56. The fraction of sp³-hybridized carbons (Fsp3) is 0.276. The lowest BCUT2D eigenvalue weighted by atomic mass is 9.80. The minimum atomic E-state index is -4.70. The maximum atomic E-state index is 16.2. The van der Waals surface area contributed by atoms with Crippen molar-refractivity contribution < 1.29 is 51.0 Å². The van der Waals surface area contributed by atoms with E-state index in [4.69, 9.17) is 42.0 Å². The Labute approximate surface area is 462 Å². The first-order valence-corrected chi connectivity index (χ1v) is 30.9. The standard InChI is InChI=1S/C58H61N5O11P2S2/c1-56(2,3)73-75(65,74-57(4,5)6)71-51-50(72-76(66,77-46-25-17-11-18-26-46)78-47-27-19-12-20-28-47)48(70-55(51)63-39-61-49-52(59-38-60-53(49)63)62-54(64)40-21-13-9-14-22-40)37-69-58(41-23-15-10-16-24-41,42-29-33-44(67-7)34-30-42)43-31-35-45(68-8)36-32-43/h9-36,38-39,48,50-51,55H,37H2,1-8H3,(H,59,60,62,64)/t48-,50-,51-,55-/m1/s1. The molecule has 2 aromatic heterocycles. The highest BCUT2D eigenvalue weighted by atomic mass is 33.1. The van der Waals surface area contributed by atoms with Crippen molar-refractivity contribution in [1.82, 2.24) is 19.5 Å². The molecule has 1 saturated heterocycles. The molecule has 20 heteroatoms. The Bertz CT molecular complexity index is 3260. The SMILES string of the molecule is COc1ccc(C(OC[C@H]2O[C@@H](n3cnc4c(NC(=O)c5ccccc5)ncnc43)[C@H](OP(=O)(OC(C)(C)C)OC(C)(C)C)[C@@H]2OP(=O)(Sc2ccccc2)Sc2ccccc2)(c2ccccc2)c2ccc(OC)cc2)cc1. The van der Waals surface area contributed by atoms with Crippen LogP contribution in [-0.2, 0) is 42.3 Å². The summed E-state index contributed by atoms with van der Waals surface area (Å²) in [5, 5.41) is 2.87. The third-order valence-corrected chi connectivity index (χ3v) is 20.4. The normalized spacial score (nSPS) is 17.2. The van der Waals surface area contributed by atoms with E-state index in [-0.39, 0.29) is 23.6 Å². The maximum absolute atomic E-state index is 16.2. The molecular formula is C58H61N5O11P2S2. The lowest BCUT2D eigenvalue weighted by molar-refractivity contribution is -0.0927. The molecule has 4 atom stereocenters. The van der Waals surface area contributed by atoms with Crippen LogP contribution in [0.15, 0.2) is 192 Å². The second-order valence-electron chi connectivity index (χ2n) is 20.0. The van der Waals surface area contributed by atoms with E-state index in [0.717, 1.165) is 39.5 Å². The zero-order valence-electron chi connectivity index (χ0n) is 44.3. The molecular weight excluding hydrogens is 1070 g/mol. The summed E-state index contributed by atoms with van der Waals surface area (Å²) in [6.07, 6.45) is -2.68. The van der Waals surface area contributed by atoms with E-state index >= 15 is 9.13 Å². The number of nitrogens with one attached hydrogen (secondary N) is 1. The van der Waals surface area contributed by atoms with Crippen LogP contribution in [-0.4, -0.2) is 75.8 Å². The van der Waals surface area contributed by atoms with E-state index in [1.165, 1.54) is 12.7 Å². The van der Waals surface area contributed by atoms with Crippen LogP contribution in [0.1, 0.15) is 74.8 Å². The van der Waals surface area contributed by atoms with Crippen LogP contribution in [0.3, 0.4) is 0 Å². The molecule has 16 nitrogen and oxygen atoms in total. The minimum absolute atomic E-state index is 0.114. The van der Waals surface area contributed by atoms with Gasteiger partial charge in [0.05, 0.1) is 38.4 Å². The van der Waals surface area contributed by atoms with Crippen molar-refractivity contribution in [2.45, 2.75) is 92.7 Å². The number of methoxy groups -OCH3 is 2. The van der Waals surface area contributed by atoms with Crippen LogP contribution in [0.2, 0.25) is 0 Å². The molecule has 1 aliphatic heterocycles. The van der Waals surface area contributed by atoms with Gasteiger partial charge < -0.3 is 28.8 Å². The molecule has 406 valence electrons. The molecule has 1 N–H and O–H groups in total. The molecule has 0 bridgehead atoms. The number of hydrogen-bond acceptors (Lipinski definition) is 16. The summed E-state index contributed by atoms with van der Waals surface area (Å²) < 4.78 is 86.2. The van der Waals surface area contributed by atoms with Gasteiger partial charge in [-0.2, -0.15) is 0 Å². The number of fused-ring (bicyclic) bond motifs is 1. The summed E-state index contributed by atoms with van der Waals surface area (Å²) in [4.78, 5) is 28.7. The van der Waals surface area contributed by atoms with Gasteiger partial charge in [0.25, 0.3) is 5.91 Å². The van der Waals surface area contributed by atoms with Crippen molar-refractivity contribution in [3.8, 4) is 11.5 Å². The van der Waals surface area contributed by atoms with Gasteiger partial charge in [-0.15, -0.1) is 0 Å². The van der Waals surface area contributed by atoms with E-state index in [1.807, 2.05) is 146 Å². The van der Waals surface area contributed by atoms with Gasteiger partial charge in [0.1, 0.15) is 41.7 Å². The molecule has 1 fully saturated rings. The number of imidazole rings is 1. The summed E-state index contributed by atoms with van der Waals surface area (Å²) in [6, 6.07) is 52.2. The lowest BCUT2D eigenvalue weighted by Crippen LogP contribution is -2.41. The highest BCUT2D eigenvalue weighted by molar-refractivity contribution is 8.89. The van der Waals surface area contributed by atoms with Crippen LogP contribution in [0.5, 0.6) is 11.5 Å². The molecule has 6 aromatic carbocycles. The fourth-order valence-electron chi connectivity index (χ4n) is 8.80. The fourth-order valence-corrected chi connectivity index (χ4v) is 17.7. The average molecular weight is 1130 g/mol. The zero-order chi connectivity index (χ0) is 55.1. The van der Waals surface area contributed by atoms with Crippen molar-refractivity contribution >= 4 is 59.2 Å². The van der Waals surface area contributed by atoms with Gasteiger partial charge in [-0.3, -0.25) is 27.5 Å². The Morgan fingerprint density at radius 1 is 0.615 bits per heavy atom. The molecule has 0 aliphatic carbocycles. The predicted octanol–water partition coefficient (Wildman–Crippen LogP) is 14.2. The largest absolute Gasteiger partial charge is 0.497 e. The van der Waals surface area contributed by atoms with Crippen LogP contribution in [0.4, 0.5) is 5.82 Å². The third kappa shape index (κ3) is 13.5. The van der Waals surface area contributed by atoms with Gasteiger partial charge >= 0.3 is 13.6 Å². The molecule has 78 heavy (non-hydrogen) atoms. The van der Waals surface area contributed by atoms with Gasteiger partial charge in [-0.1, -0.05) is 109 Å². The Morgan fingerprint density at radius 2 is 1.10 bits per heavy atom. The van der Waals surface area contributed by atoms with E-state index < -0.39 is 60.8 Å². The second kappa shape index (κ2) is 24.1. The molecule has 3 heterocycles. The minimum Gasteiger partial charge on any atom is -0.497 e. The summed E-state index contributed by atoms with van der Waals surface area (Å²) in [5.41, 5.74) is -0.513. The van der Waals surface area contributed by atoms with Crippen LogP contribution in [0, 0.1) is 0 Å². The smallest absolute Gasteiger partial charge is 0.476 e. The number of carbonyl (C=O) groups is 1. The Kier molecular flexibility index (Phi) is 17.5. The molecule has 0 spiro atoms. The van der Waals surface area contributed by atoms with Crippen molar-refractivity contribution in [2.75, 3.05) is 26.1 Å². The molecule has 1 aliphatic rings. The first kappa shape index (κ1) is 56.6. The second-order valence-corrected chi connectivity index (χ2v) is 28.6. The molecule has 0 radical (unpaired) electrons. The van der Waals surface area contributed by atoms with Crippen molar-refractivity contribution in [3.05, 3.63) is 205 Å². The zero-order valence-corrected chi connectivity index (χ0v) is 47.7. The van der Waals surface area contributed by atoms with E-state index in [0.29, 0.717) is 26.9 Å². The molecule has 9 rings (SSSR count). The molecule has 0 unspecified atom stereocenters. The quantitative estimate of drug-likeness (QED) is 0.0529. The number of aromatic nitrogens is 4. The predicted molar refractivity (Wildman–Crippen MR) is 303 cm³/mol. The van der Waals surface area contributed by atoms with Crippen LogP contribution >= 0.6 is 36.4 Å². The number of ether oxygens (including phenoxy) is 4. The van der Waals surface area contributed by atoms with Gasteiger partial charge in [-0.25, -0.2) is 19.5 Å². The van der Waals surface area contributed by atoms with Gasteiger partial charge in [0.2, 0.25) is 0 Å². The monoisotopic (exact) mass is 1130 g/mol. The topological polar surface area (TPSA) is 181 Å². The van der Waals surface area contributed by atoms with Crippen molar-refractivity contribution in [2.24, 2.45) is 0 Å². The number of carbonyl (C=O) groups excluding carboxylic acids is 1. The number of hydrogen-bond donors (Lipinski definition) is 1. The third-order valence-electron chi connectivity index (χ3n) is 12.0. The van der Waals surface area contributed by atoms with Gasteiger partial charge in [-0.05, 0) is 142 Å². The maximum Gasteiger partial charge on any atom is 0.476 e. The molecule has 1 amide bonds. The first-order chi connectivity index (χ1) is 37.4. The Balaban J connectivity index is 1.24. The number of rotatable bonds is 21. The van der Waals surface area contributed by atoms with E-state index in [9.17, 15) is 4.79 Å². The van der Waals surface area contributed by atoms with Crippen LogP contribution in [0.25, 0.3) is 11.2 Å². The number of benzene rings is 6. The number of anilines is 1. The molecule has 8 aromatic rings. The van der Waals surface area contributed by atoms with E-state index in [2.05, 4.69) is 15.3 Å². The molecule has 0 saturated carbocycles.